The lowest BCUT2D eigenvalue weighted by Crippen LogP contribution is -2.52. The monoisotopic (exact) mass is 323 g/mol. The van der Waals surface area contributed by atoms with E-state index >= 15 is 0 Å². The third kappa shape index (κ3) is 5.79. The first-order valence-electron chi connectivity index (χ1n) is 9.49. The van der Waals surface area contributed by atoms with Crippen molar-refractivity contribution < 1.29 is 9.59 Å². The summed E-state index contributed by atoms with van der Waals surface area (Å²) in [4.78, 5) is 28.6. The second kappa shape index (κ2) is 9.91. The van der Waals surface area contributed by atoms with Crippen molar-refractivity contribution in [2.75, 3.05) is 32.7 Å². The van der Waals surface area contributed by atoms with Gasteiger partial charge in [-0.05, 0) is 32.2 Å². The molecule has 1 saturated carbocycles. The largest absolute Gasteiger partial charge is 0.339 e. The normalized spacial score (nSPS) is 19.9. The van der Waals surface area contributed by atoms with Gasteiger partial charge in [0.15, 0.2) is 0 Å². The first-order chi connectivity index (χ1) is 11.2. The summed E-state index contributed by atoms with van der Waals surface area (Å²) < 4.78 is 0. The van der Waals surface area contributed by atoms with E-state index in [2.05, 4.69) is 0 Å². The van der Waals surface area contributed by atoms with E-state index in [1.165, 1.54) is 19.3 Å². The second-order valence-electron chi connectivity index (χ2n) is 6.99. The van der Waals surface area contributed by atoms with E-state index in [1.54, 1.807) is 0 Å². The van der Waals surface area contributed by atoms with Crippen LogP contribution in [-0.4, -0.2) is 54.3 Å². The van der Waals surface area contributed by atoms with Crippen molar-refractivity contribution in [3.05, 3.63) is 0 Å². The molecule has 1 aliphatic heterocycles. The molecule has 23 heavy (non-hydrogen) atoms. The molecule has 0 spiro atoms. The second-order valence-corrected chi connectivity index (χ2v) is 6.99. The van der Waals surface area contributed by atoms with E-state index < -0.39 is 0 Å². The number of carbonyl (C=O) groups is 2. The van der Waals surface area contributed by atoms with Gasteiger partial charge in [-0.2, -0.15) is 0 Å². The van der Waals surface area contributed by atoms with Crippen molar-refractivity contribution in [2.24, 2.45) is 11.7 Å². The number of carbonyl (C=O) groups excluding carboxylic acids is 2. The van der Waals surface area contributed by atoms with Crippen molar-refractivity contribution >= 4 is 11.8 Å². The SMILES string of the molecule is NCCCCCCC(=O)N1CCN(C(=O)C2CCCCC2)CC1. The molecule has 2 rings (SSSR count). The van der Waals surface area contributed by atoms with Crippen LogP contribution in [-0.2, 0) is 9.59 Å². The Morgan fingerprint density at radius 1 is 0.826 bits per heavy atom. The highest BCUT2D eigenvalue weighted by Crippen LogP contribution is 2.25. The predicted octanol–water partition coefficient (Wildman–Crippen LogP) is 2.15. The zero-order valence-electron chi connectivity index (χ0n) is 14.5. The molecule has 1 aliphatic carbocycles. The zero-order chi connectivity index (χ0) is 16.5. The maximum atomic E-state index is 12.5. The van der Waals surface area contributed by atoms with E-state index in [-0.39, 0.29) is 11.8 Å². The van der Waals surface area contributed by atoms with E-state index in [4.69, 9.17) is 5.73 Å². The number of nitrogens with zero attached hydrogens (tertiary/aromatic N) is 2. The van der Waals surface area contributed by atoms with Crippen LogP contribution in [0.15, 0.2) is 0 Å². The number of nitrogens with two attached hydrogens (primary N) is 1. The van der Waals surface area contributed by atoms with Crippen LogP contribution in [0, 0.1) is 5.92 Å². The van der Waals surface area contributed by atoms with Gasteiger partial charge in [-0.25, -0.2) is 0 Å². The van der Waals surface area contributed by atoms with Crippen LogP contribution in [0.5, 0.6) is 0 Å². The number of hydrogen-bond donors (Lipinski definition) is 1. The standard InChI is InChI=1S/C18H33N3O2/c19-11-7-2-1-6-10-17(22)20-12-14-21(15-13-20)18(23)16-8-4-3-5-9-16/h16H,1-15,19H2. The molecule has 1 heterocycles. The lowest BCUT2D eigenvalue weighted by atomic mass is 9.88. The molecule has 132 valence electrons. The predicted molar refractivity (Wildman–Crippen MR) is 91.9 cm³/mol. The summed E-state index contributed by atoms with van der Waals surface area (Å²) in [6, 6.07) is 0. The fraction of sp³-hybridized carbons (Fsp3) is 0.889. The molecular formula is C18H33N3O2. The molecule has 0 bridgehead atoms. The van der Waals surface area contributed by atoms with Gasteiger partial charge in [0.05, 0.1) is 0 Å². The molecule has 5 nitrogen and oxygen atoms in total. The Morgan fingerprint density at radius 2 is 1.43 bits per heavy atom. The molecule has 2 amide bonds. The van der Waals surface area contributed by atoms with Gasteiger partial charge in [0.1, 0.15) is 0 Å². The molecule has 1 saturated heterocycles. The van der Waals surface area contributed by atoms with Crippen LogP contribution >= 0.6 is 0 Å². The van der Waals surface area contributed by atoms with Gasteiger partial charge in [-0.3, -0.25) is 9.59 Å². The Hall–Kier alpha value is -1.10. The average Bonchev–Trinajstić information content (AvgIpc) is 2.61. The molecule has 5 heteroatoms. The molecule has 0 unspecified atom stereocenters. The van der Waals surface area contributed by atoms with Crippen LogP contribution in [0.2, 0.25) is 0 Å². The molecule has 2 N–H and O–H groups in total. The highest BCUT2D eigenvalue weighted by molar-refractivity contribution is 5.80. The number of unbranched alkanes of at least 4 members (excludes halogenated alkanes) is 3. The van der Waals surface area contributed by atoms with Crippen molar-refractivity contribution in [3.8, 4) is 0 Å². The lowest BCUT2D eigenvalue weighted by Gasteiger charge is -2.37. The fourth-order valence-corrected chi connectivity index (χ4v) is 3.72. The number of piperazine rings is 1. The average molecular weight is 323 g/mol. The Bertz CT molecular complexity index is 372. The van der Waals surface area contributed by atoms with E-state index in [1.807, 2.05) is 9.80 Å². The van der Waals surface area contributed by atoms with Crippen molar-refractivity contribution in [3.63, 3.8) is 0 Å². The summed E-state index contributed by atoms with van der Waals surface area (Å²) in [5.41, 5.74) is 5.47. The Labute approximate surface area is 140 Å². The molecule has 0 radical (unpaired) electrons. The molecule has 0 aromatic carbocycles. The quantitative estimate of drug-likeness (QED) is 0.730. The number of rotatable bonds is 7. The van der Waals surface area contributed by atoms with E-state index in [0.29, 0.717) is 38.5 Å². The summed E-state index contributed by atoms with van der Waals surface area (Å²) in [5.74, 6) is 0.828. The Kier molecular flexibility index (Phi) is 7.86. The third-order valence-corrected chi connectivity index (χ3v) is 5.24. The highest BCUT2D eigenvalue weighted by Gasteiger charge is 2.29. The Balaban J connectivity index is 1.64. The van der Waals surface area contributed by atoms with Crippen LogP contribution in [0.25, 0.3) is 0 Å². The van der Waals surface area contributed by atoms with Gasteiger partial charge in [-0.15, -0.1) is 0 Å². The van der Waals surface area contributed by atoms with Gasteiger partial charge < -0.3 is 15.5 Å². The molecule has 2 fully saturated rings. The summed E-state index contributed by atoms with van der Waals surface area (Å²) in [7, 11) is 0. The molecule has 0 aromatic heterocycles. The molecular weight excluding hydrogens is 290 g/mol. The fourth-order valence-electron chi connectivity index (χ4n) is 3.72. The smallest absolute Gasteiger partial charge is 0.225 e. The number of amides is 2. The first kappa shape index (κ1) is 18.2. The summed E-state index contributed by atoms with van der Waals surface area (Å²) in [6.45, 7) is 3.59. The van der Waals surface area contributed by atoms with Crippen LogP contribution in [0.3, 0.4) is 0 Å². The summed E-state index contributed by atoms with van der Waals surface area (Å²) in [5, 5.41) is 0. The maximum absolute atomic E-state index is 12.5. The van der Waals surface area contributed by atoms with Crippen LogP contribution in [0.1, 0.15) is 64.2 Å². The van der Waals surface area contributed by atoms with Crippen LogP contribution in [0.4, 0.5) is 0 Å². The number of hydrogen-bond acceptors (Lipinski definition) is 3. The van der Waals surface area contributed by atoms with Gasteiger partial charge in [-0.1, -0.05) is 32.1 Å². The minimum Gasteiger partial charge on any atom is -0.339 e. The van der Waals surface area contributed by atoms with E-state index in [0.717, 1.165) is 45.1 Å². The minimum atomic E-state index is 0.244. The minimum absolute atomic E-state index is 0.244. The van der Waals surface area contributed by atoms with Crippen molar-refractivity contribution in [2.45, 2.75) is 64.2 Å². The first-order valence-corrected chi connectivity index (χ1v) is 9.49. The molecule has 0 aromatic rings. The van der Waals surface area contributed by atoms with Gasteiger partial charge in [0, 0.05) is 38.5 Å². The van der Waals surface area contributed by atoms with E-state index in [9.17, 15) is 9.59 Å². The maximum Gasteiger partial charge on any atom is 0.225 e. The van der Waals surface area contributed by atoms with Gasteiger partial charge in [0.25, 0.3) is 0 Å². The van der Waals surface area contributed by atoms with Gasteiger partial charge in [0.2, 0.25) is 11.8 Å². The van der Waals surface area contributed by atoms with Gasteiger partial charge >= 0.3 is 0 Å². The third-order valence-electron chi connectivity index (χ3n) is 5.24. The van der Waals surface area contributed by atoms with Crippen molar-refractivity contribution in [1.82, 2.24) is 9.80 Å². The lowest BCUT2D eigenvalue weighted by molar-refractivity contribution is -0.142. The molecule has 2 aliphatic rings. The van der Waals surface area contributed by atoms with Crippen LogP contribution < -0.4 is 5.73 Å². The highest BCUT2D eigenvalue weighted by atomic mass is 16.2. The summed E-state index contributed by atoms with van der Waals surface area (Å²) >= 11 is 0. The molecule has 0 atom stereocenters. The zero-order valence-corrected chi connectivity index (χ0v) is 14.5. The Morgan fingerprint density at radius 3 is 2.09 bits per heavy atom. The van der Waals surface area contributed by atoms with Crippen molar-refractivity contribution in [1.29, 1.82) is 0 Å². The summed E-state index contributed by atoms with van der Waals surface area (Å²) in [6.07, 6.45) is 10.6. The topological polar surface area (TPSA) is 66.6 Å².